The number of aromatic amines is 1. The van der Waals surface area contributed by atoms with E-state index in [1.54, 1.807) is 24.9 Å². The predicted octanol–water partition coefficient (Wildman–Crippen LogP) is 3.19. The molecule has 0 aliphatic rings. The first-order valence-corrected chi connectivity index (χ1v) is 8.08. The molecular weight excluding hydrogens is 330 g/mol. The maximum Gasteiger partial charge on any atom is 0.267 e. The second-order valence-corrected chi connectivity index (χ2v) is 5.67. The SMILES string of the molecule is COc1ccccc1-c1cnc(Cc2ccc(/C=C/C(=O)NO)cc2)[nH]1. The van der Waals surface area contributed by atoms with Gasteiger partial charge in [-0.3, -0.25) is 10.0 Å². The highest BCUT2D eigenvalue weighted by molar-refractivity contribution is 5.90. The van der Waals surface area contributed by atoms with Gasteiger partial charge in [-0.2, -0.15) is 0 Å². The van der Waals surface area contributed by atoms with Crippen LogP contribution in [0.4, 0.5) is 0 Å². The molecule has 6 heteroatoms. The summed E-state index contributed by atoms with van der Waals surface area (Å²) in [6.45, 7) is 0. The van der Waals surface area contributed by atoms with Crippen molar-refractivity contribution in [3.63, 3.8) is 0 Å². The van der Waals surface area contributed by atoms with Gasteiger partial charge in [0.2, 0.25) is 0 Å². The van der Waals surface area contributed by atoms with Crippen molar-refractivity contribution in [1.82, 2.24) is 15.4 Å². The van der Waals surface area contributed by atoms with Crippen LogP contribution in [0.2, 0.25) is 0 Å². The lowest BCUT2D eigenvalue weighted by molar-refractivity contribution is -0.124. The first kappa shape index (κ1) is 17.4. The molecule has 3 rings (SSSR count). The molecule has 1 heterocycles. The number of benzene rings is 2. The Morgan fingerprint density at radius 2 is 2.00 bits per heavy atom. The van der Waals surface area contributed by atoms with Crippen LogP contribution in [0.3, 0.4) is 0 Å². The Morgan fingerprint density at radius 3 is 2.73 bits per heavy atom. The highest BCUT2D eigenvalue weighted by Gasteiger charge is 2.08. The number of ether oxygens (including phenoxy) is 1. The number of aromatic nitrogens is 2. The molecule has 0 fully saturated rings. The van der Waals surface area contributed by atoms with Gasteiger partial charge in [-0.1, -0.05) is 36.4 Å². The third-order valence-electron chi connectivity index (χ3n) is 3.91. The van der Waals surface area contributed by atoms with Crippen LogP contribution < -0.4 is 10.2 Å². The number of imidazole rings is 1. The maximum atomic E-state index is 11.0. The first-order chi connectivity index (χ1) is 12.7. The van der Waals surface area contributed by atoms with Crippen LogP contribution in [0.1, 0.15) is 17.0 Å². The van der Waals surface area contributed by atoms with Gasteiger partial charge in [0.05, 0.1) is 19.0 Å². The molecule has 1 aromatic heterocycles. The average Bonchev–Trinajstić information content (AvgIpc) is 3.15. The normalized spacial score (nSPS) is 10.8. The van der Waals surface area contributed by atoms with Crippen molar-refractivity contribution in [3.05, 3.63) is 77.8 Å². The van der Waals surface area contributed by atoms with Gasteiger partial charge in [0.15, 0.2) is 0 Å². The summed E-state index contributed by atoms with van der Waals surface area (Å²) < 4.78 is 5.39. The smallest absolute Gasteiger partial charge is 0.267 e. The summed E-state index contributed by atoms with van der Waals surface area (Å²) in [5.74, 6) is 1.09. The molecule has 3 N–H and O–H groups in total. The number of hydroxylamine groups is 1. The Labute approximate surface area is 151 Å². The van der Waals surface area contributed by atoms with E-state index in [1.165, 1.54) is 6.08 Å². The molecule has 3 aromatic rings. The molecule has 0 unspecified atom stereocenters. The number of amides is 1. The number of methoxy groups -OCH3 is 1. The molecule has 0 aliphatic heterocycles. The number of carbonyl (C=O) groups is 1. The molecule has 0 bridgehead atoms. The Morgan fingerprint density at radius 1 is 1.23 bits per heavy atom. The molecule has 132 valence electrons. The van der Waals surface area contributed by atoms with Crippen LogP contribution in [-0.4, -0.2) is 28.2 Å². The number of hydrogen-bond donors (Lipinski definition) is 3. The molecule has 0 saturated carbocycles. The summed E-state index contributed by atoms with van der Waals surface area (Å²) in [5, 5.41) is 8.47. The molecule has 1 amide bonds. The van der Waals surface area contributed by atoms with Gasteiger partial charge in [-0.05, 0) is 29.3 Å². The minimum atomic E-state index is -0.562. The number of para-hydroxylation sites is 1. The van der Waals surface area contributed by atoms with Gasteiger partial charge in [-0.15, -0.1) is 0 Å². The Hall–Kier alpha value is -3.38. The van der Waals surface area contributed by atoms with Crippen LogP contribution in [0.15, 0.2) is 60.8 Å². The van der Waals surface area contributed by atoms with E-state index in [-0.39, 0.29) is 0 Å². The zero-order valence-corrected chi connectivity index (χ0v) is 14.3. The fourth-order valence-electron chi connectivity index (χ4n) is 2.61. The number of H-pyrrole nitrogens is 1. The largest absolute Gasteiger partial charge is 0.496 e. The number of nitrogens with one attached hydrogen (secondary N) is 2. The number of rotatable bonds is 6. The number of nitrogens with zero attached hydrogens (tertiary/aromatic N) is 1. The fourth-order valence-corrected chi connectivity index (χ4v) is 2.61. The monoisotopic (exact) mass is 349 g/mol. The van der Waals surface area contributed by atoms with Crippen molar-refractivity contribution < 1.29 is 14.7 Å². The number of hydrogen-bond acceptors (Lipinski definition) is 4. The van der Waals surface area contributed by atoms with Crippen molar-refractivity contribution >= 4 is 12.0 Å². The van der Waals surface area contributed by atoms with Gasteiger partial charge >= 0.3 is 0 Å². The molecule has 0 radical (unpaired) electrons. The summed E-state index contributed by atoms with van der Waals surface area (Å²) >= 11 is 0. The van der Waals surface area contributed by atoms with Crippen LogP contribution in [0.25, 0.3) is 17.3 Å². The van der Waals surface area contributed by atoms with Crippen molar-refractivity contribution in [2.75, 3.05) is 7.11 Å². The van der Waals surface area contributed by atoms with Crippen LogP contribution in [0, 0.1) is 0 Å². The van der Waals surface area contributed by atoms with E-state index in [9.17, 15) is 4.79 Å². The molecule has 0 aliphatic carbocycles. The summed E-state index contributed by atoms with van der Waals surface area (Å²) in [5.41, 5.74) is 5.39. The highest BCUT2D eigenvalue weighted by Crippen LogP contribution is 2.28. The average molecular weight is 349 g/mol. The lowest BCUT2D eigenvalue weighted by Crippen LogP contribution is -2.14. The van der Waals surface area contributed by atoms with Crippen molar-refractivity contribution in [2.45, 2.75) is 6.42 Å². The van der Waals surface area contributed by atoms with Gasteiger partial charge in [0.25, 0.3) is 5.91 Å². The zero-order chi connectivity index (χ0) is 18.4. The summed E-state index contributed by atoms with van der Waals surface area (Å²) in [6, 6.07) is 15.5. The summed E-state index contributed by atoms with van der Waals surface area (Å²) in [4.78, 5) is 18.8. The second-order valence-electron chi connectivity index (χ2n) is 5.67. The Bertz CT molecular complexity index is 914. The van der Waals surface area contributed by atoms with E-state index in [4.69, 9.17) is 9.94 Å². The Kier molecular flexibility index (Phi) is 5.46. The Balaban J connectivity index is 1.71. The first-order valence-electron chi connectivity index (χ1n) is 8.08. The minimum Gasteiger partial charge on any atom is -0.496 e. The quantitative estimate of drug-likeness (QED) is 0.362. The van der Waals surface area contributed by atoms with Crippen molar-refractivity contribution in [1.29, 1.82) is 0 Å². The van der Waals surface area contributed by atoms with E-state index in [0.29, 0.717) is 6.42 Å². The molecule has 2 aromatic carbocycles. The lowest BCUT2D eigenvalue weighted by Gasteiger charge is -2.05. The van der Waals surface area contributed by atoms with Gasteiger partial charge < -0.3 is 9.72 Å². The van der Waals surface area contributed by atoms with Crippen LogP contribution >= 0.6 is 0 Å². The van der Waals surface area contributed by atoms with Crippen LogP contribution in [-0.2, 0) is 11.2 Å². The molecule has 0 spiro atoms. The van der Waals surface area contributed by atoms with Gasteiger partial charge in [0, 0.05) is 18.1 Å². The molecule has 0 atom stereocenters. The standard InChI is InChI=1S/C20H19N3O3/c1-26-18-5-3-2-4-16(18)17-13-21-19(22-17)12-15-8-6-14(7-9-15)10-11-20(24)23-25/h2-11,13,25H,12H2,1H3,(H,21,22)(H,23,24)/b11-10+. The molecule has 0 saturated heterocycles. The molecule has 26 heavy (non-hydrogen) atoms. The molecule has 6 nitrogen and oxygen atoms in total. The van der Waals surface area contributed by atoms with Crippen molar-refractivity contribution in [3.8, 4) is 17.0 Å². The van der Waals surface area contributed by atoms with E-state index in [2.05, 4.69) is 9.97 Å². The maximum absolute atomic E-state index is 11.0. The summed E-state index contributed by atoms with van der Waals surface area (Å²) in [6.07, 6.45) is 5.36. The van der Waals surface area contributed by atoms with E-state index in [0.717, 1.165) is 34.0 Å². The predicted molar refractivity (Wildman–Crippen MR) is 98.8 cm³/mol. The zero-order valence-electron chi connectivity index (χ0n) is 14.3. The van der Waals surface area contributed by atoms with Gasteiger partial charge in [0.1, 0.15) is 11.6 Å². The second kappa shape index (κ2) is 8.13. The summed E-state index contributed by atoms with van der Waals surface area (Å²) in [7, 11) is 1.65. The van der Waals surface area contributed by atoms with E-state index in [1.807, 2.05) is 48.5 Å². The lowest BCUT2D eigenvalue weighted by atomic mass is 10.1. The van der Waals surface area contributed by atoms with Crippen molar-refractivity contribution in [2.24, 2.45) is 0 Å². The van der Waals surface area contributed by atoms with Gasteiger partial charge in [-0.25, -0.2) is 10.5 Å². The topological polar surface area (TPSA) is 87.2 Å². The highest BCUT2D eigenvalue weighted by atomic mass is 16.5. The third kappa shape index (κ3) is 4.17. The van der Waals surface area contributed by atoms with Crippen LogP contribution in [0.5, 0.6) is 5.75 Å². The number of carbonyl (C=O) groups excluding carboxylic acids is 1. The fraction of sp³-hybridized carbons (Fsp3) is 0.100. The van der Waals surface area contributed by atoms with E-state index < -0.39 is 5.91 Å². The third-order valence-corrected chi connectivity index (χ3v) is 3.91. The minimum absolute atomic E-state index is 0.562. The van der Waals surface area contributed by atoms with E-state index >= 15 is 0 Å². The molecular formula is C20H19N3O3.